The van der Waals surface area contributed by atoms with Crippen molar-refractivity contribution in [3.8, 4) is 0 Å². The lowest BCUT2D eigenvalue weighted by Gasteiger charge is -2.05. The Bertz CT molecular complexity index is 785. The van der Waals surface area contributed by atoms with Crippen molar-refractivity contribution in [2.24, 2.45) is 0 Å². The molecular formula is C16H13NO3S. The number of carboxylic acid groups (broad SMARTS) is 1. The number of aliphatic carboxylic acids is 1. The summed E-state index contributed by atoms with van der Waals surface area (Å²) in [4.78, 5) is 23.0. The Balaban J connectivity index is 2.07. The predicted octanol–water partition coefficient (Wildman–Crippen LogP) is 3.25. The fourth-order valence-electron chi connectivity index (χ4n) is 2.48. The van der Waals surface area contributed by atoms with Gasteiger partial charge in [0.05, 0.1) is 22.5 Å². The first-order chi connectivity index (χ1) is 10.2. The second kappa shape index (κ2) is 5.61. The minimum absolute atomic E-state index is 0.0666. The predicted molar refractivity (Wildman–Crippen MR) is 85.0 cm³/mol. The molecule has 106 valence electrons. The minimum Gasteiger partial charge on any atom is -0.481 e. The van der Waals surface area contributed by atoms with Gasteiger partial charge in [0.15, 0.2) is 0 Å². The van der Waals surface area contributed by atoms with Crippen LogP contribution in [0.1, 0.15) is 4.79 Å². The highest BCUT2D eigenvalue weighted by molar-refractivity contribution is 8.00. The van der Waals surface area contributed by atoms with Gasteiger partial charge in [-0.1, -0.05) is 36.4 Å². The Morgan fingerprint density at radius 2 is 1.43 bits per heavy atom. The number of hydrogen-bond acceptors (Lipinski definition) is 3. The fourth-order valence-corrected chi connectivity index (χ4v) is 3.06. The van der Waals surface area contributed by atoms with E-state index in [0.29, 0.717) is 0 Å². The lowest BCUT2D eigenvalue weighted by molar-refractivity contribution is -0.133. The van der Waals surface area contributed by atoms with Crippen LogP contribution in [0.3, 0.4) is 0 Å². The summed E-state index contributed by atoms with van der Waals surface area (Å²) < 4.78 is 1.68. The second-order valence-corrected chi connectivity index (χ2v) is 5.64. The Labute approximate surface area is 125 Å². The van der Waals surface area contributed by atoms with E-state index in [0.717, 1.165) is 33.6 Å². The Morgan fingerprint density at radius 3 is 1.95 bits per heavy atom. The first-order valence-electron chi connectivity index (χ1n) is 6.49. The highest BCUT2D eigenvalue weighted by Gasteiger charge is 2.15. The molecule has 0 atom stereocenters. The summed E-state index contributed by atoms with van der Waals surface area (Å²) >= 11 is 1.11. The number of carbonyl (C=O) groups is 2. The molecule has 21 heavy (non-hydrogen) atoms. The molecular weight excluding hydrogens is 286 g/mol. The minimum atomic E-state index is -0.907. The molecule has 3 rings (SSSR count). The number of nitrogens with zero attached hydrogens (tertiary/aromatic N) is 1. The highest BCUT2D eigenvalue weighted by atomic mass is 32.2. The van der Waals surface area contributed by atoms with Crippen LogP contribution in [0.15, 0.2) is 48.5 Å². The van der Waals surface area contributed by atoms with E-state index in [1.54, 1.807) is 4.57 Å². The average Bonchev–Trinajstić information content (AvgIpc) is 2.81. The van der Waals surface area contributed by atoms with Crippen molar-refractivity contribution < 1.29 is 14.7 Å². The summed E-state index contributed by atoms with van der Waals surface area (Å²) in [6, 6.07) is 15.5. The van der Waals surface area contributed by atoms with Gasteiger partial charge in [-0.15, -0.1) is 11.8 Å². The number of rotatable bonds is 4. The molecule has 0 amide bonds. The Morgan fingerprint density at radius 1 is 0.905 bits per heavy atom. The zero-order chi connectivity index (χ0) is 14.8. The quantitative estimate of drug-likeness (QED) is 0.803. The number of carbonyl (C=O) groups excluding carboxylic acids is 1. The monoisotopic (exact) mass is 299 g/mol. The van der Waals surface area contributed by atoms with Crippen LogP contribution in [0.25, 0.3) is 21.8 Å². The van der Waals surface area contributed by atoms with Gasteiger partial charge in [-0.25, -0.2) is 0 Å². The van der Waals surface area contributed by atoms with Gasteiger partial charge in [0.2, 0.25) is 5.91 Å². The van der Waals surface area contributed by atoms with E-state index < -0.39 is 5.97 Å². The number of benzene rings is 2. The molecule has 0 aliphatic rings. The molecule has 2 aromatic carbocycles. The Hall–Kier alpha value is -2.27. The third kappa shape index (κ3) is 2.52. The van der Waals surface area contributed by atoms with Crippen molar-refractivity contribution in [1.82, 2.24) is 4.57 Å². The van der Waals surface area contributed by atoms with Crippen molar-refractivity contribution in [2.75, 3.05) is 11.5 Å². The van der Waals surface area contributed by atoms with Crippen LogP contribution in [0.5, 0.6) is 0 Å². The van der Waals surface area contributed by atoms with Gasteiger partial charge in [-0.2, -0.15) is 0 Å². The summed E-state index contributed by atoms with van der Waals surface area (Å²) in [6.45, 7) is 0. The van der Waals surface area contributed by atoms with E-state index in [-0.39, 0.29) is 17.4 Å². The number of para-hydroxylation sites is 2. The fraction of sp³-hybridized carbons (Fsp3) is 0.125. The smallest absolute Gasteiger partial charge is 0.313 e. The van der Waals surface area contributed by atoms with Crippen molar-refractivity contribution in [3.63, 3.8) is 0 Å². The van der Waals surface area contributed by atoms with Crippen LogP contribution in [0.4, 0.5) is 0 Å². The van der Waals surface area contributed by atoms with E-state index in [1.807, 2.05) is 48.5 Å². The molecule has 0 radical (unpaired) electrons. The normalized spacial score (nSPS) is 11.0. The van der Waals surface area contributed by atoms with Gasteiger partial charge in [-0.3, -0.25) is 14.2 Å². The molecule has 0 aliphatic carbocycles. The highest BCUT2D eigenvalue weighted by Crippen LogP contribution is 2.28. The largest absolute Gasteiger partial charge is 0.481 e. The lowest BCUT2D eigenvalue weighted by Crippen LogP contribution is -2.14. The average molecular weight is 299 g/mol. The molecule has 1 aromatic heterocycles. The molecule has 3 aromatic rings. The van der Waals surface area contributed by atoms with Crippen molar-refractivity contribution in [1.29, 1.82) is 0 Å². The van der Waals surface area contributed by atoms with Crippen LogP contribution in [-0.2, 0) is 4.79 Å². The van der Waals surface area contributed by atoms with Crippen LogP contribution in [-0.4, -0.2) is 33.1 Å². The molecule has 0 fully saturated rings. The van der Waals surface area contributed by atoms with Crippen molar-refractivity contribution >= 4 is 45.4 Å². The van der Waals surface area contributed by atoms with E-state index >= 15 is 0 Å². The molecule has 0 saturated carbocycles. The van der Waals surface area contributed by atoms with E-state index in [2.05, 4.69) is 0 Å². The molecule has 1 heterocycles. The third-order valence-corrected chi connectivity index (χ3v) is 4.18. The lowest BCUT2D eigenvalue weighted by atomic mass is 10.2. The summed E-state index contributed by atoms with van der Waals surface area (Å²) in [5.41, 5.74) is 1.72. The first-order valence-corrected chi connectivity index (χ1v) is 7.65. The van der Waals surface area contributed by atoms with Crippen molar-refractivity contribution in [3.05, 3.63) is 48.5 Å². The first kappa shape index (κ1) is 13.7. The standard InChI is InChI=1S/C16H13NO3S/c18-15(9-21-10-16(19)20)17-13-7-3-1-5-11(13)12-6-2-4-8-14(12)17/h1-8H,9-10H2,(H,19,20). The van der Waals surface area contributed by atoms with Gasteiger partial charge in [-0.05, 0) is 12.1 Å². The van der Waals surface area contributed by atoms with Crippen LogP contribution in [0, 0.1) is 0 Å². The number of aromatic nitrogens is 1. The SMILES string of the molecule is O=C(O)CSCC(=O)n1c2ccccc2c2ccccc21. The molecule has 1 N–H and O–H groups in total. The summed E-state index contributed by atoms with van der Waals surface area (Å²) in [7, 11) is 0. The zero-order valence-electron chi connectivity index (χ0n) is 11.2. The zero-order valence-corrected chi connectivity index (χ0v) is 12.0. The van der Waals surface area contributed by atoms with Crippen molar-refractivity contribution in [2.45, 2.75) is 0 Å². The second-order valence-electron chi connectivity index (χ2n) is 4.65. The molecule has 0 saturated heterocycles. The van der Waals surface area contributed by atoms with Gasteiger partial charge < -0.3 is 5.11 Å². The summed E-state index contributed by atoms with van der Waals surface area (Å²) in [5, 5.41) is 10.7. The van der Waals surface area contributed by atoms with Gasteiger partial charge in [0.1, 0.15) is 0 Å². The summed E-state index contributed by atoms with van der Waals surface area (Å²) in [6.07, 6.45) is 0. The van der Waals surface area contributed by atoms with E-state index in [9.17, 15) is 9.59 Å². The molecule has 0 unspecified atom stereocenters. The Kier molecular flexibility index (Phi) is 3.66. The van der Waals surface area contributed by atoms with E-state index in [1.165, 1.54) is 0 Å². The molecule has 0 aliphatic heterocycles. The summed E-state index contributed by atoms with van der Waals surface area (Å²) in [5.74, 6) is -0.925. The number of hydrogen-bond donors (Lipinski definition) is 1. The maximum atomic E-state index is 12.5. The topological polar surface area (TPSA) is 59.3 Å². The molecule has 0 bridgehead atoms. The van der Waals surface area contributed by atoms with Gasteiger partial charge >= 0.3 is 5.97 Å². The number of carboxylic acids is 1. The third-order valence-electron chi connectivity index (χ3n) is 3.28. The molecule has 4 nitrogen and oxygen atoms in total. The molecule has 0 spiro atoms. The van der Waals surface area contributed by atoms with Gasteiger partial charge in [0, 0.05) is 10.8 Å². The molecule has 5 heteroatoms. The number of thioether (sulfide) groups is 1. The van der Waals surface area contributed by atoms with E-state index in [4.69, 9.17) is 5.11 Å². The van der Waals surface area contributed by atoms with Crippen LogP contribution < -0.4 is 0 Å². The number of fused-ring (bicyclic) bond motifs is 3. The maximum Gasteiger partial charge on any atom is 0.313 e. The maximum absolute atomic E-state index is 12.5. The van der Waals surface area contributed by atoms with Gasteiger partial charge in [0.25, 0.3) is 0 Å². The van der Waals surface area contributed by atoms with Crippen LogP contribution in [0.2, 0.25) is 0 Å². The van der Waals surface area contributed by atoms with Crippen LogP contribution >= 0.6 is 11.8 Å².